The number of ether oxygens (including phenoxy) is 1. The maximum Gasteiger partial charge on any atom is 0.407 e. The molecule has 31 heavy (non-hydrogen) atoms. The van der Waals surface area contributed by atoms with Gasteiger partial charge in [0.1, 0.15) is 6.61 Å². The van der Waals surface area contributed by atoms with Gasteiger partial charge in [-0.2, -0.15) is 0 Å². The van der Waals surface area contributed by atoms with Crippen molar-refractivity contribution in [2.24, 2.45) is 0 Å². The number of hydrogen-bond acceptors (Lipinski definition) is 3. The van der Waals surface area contributed by atoms with E-state index in [2.05, 4.69) is 41.4 Å². The molecule has 6 heteroatoms. The highest BCUT2D eigenvalue weighted by molar-refractivity contribution is 6.33. The van der Waals surface area contributed by atoms with E-state index in [4.69, 9.17) is 21.4 Å². The van der Waals surface area contributed by atoms with E-state index < -0.39 is 12.1 Å². The molecule has 0 bridgehead atoms. The van der Waals surface area contributed by atoms with E-state index in [1.165, 1.54) is 23.3 Å². The summed E-state index contributed by atoms with van der Waals surface area (Å²) in [5.41, 5.74) is 5.11. The summed E-state index contributed by atoms with van der Waals surface area (Å²) in [5.74, 6) is 4.46. The lowest BCUT2D eigenvalue weighted by molar-refractivity contribution is 0.0697. The molecule has 5 nitrogen and oxygen atoms in total. The van der Waals surface area contributed by atoms with Gasteiger partial charge < -0.3 is 15.2 Å². The van der Waals surface area contributed by atoms with Gasteiger partial charge in [-0.15, -0.1) is 0 Å². The van der Waals surface area contributed by atoms with Crippen LogP contribution in [-0.4, -0.2) is 30.3 Å². The molecule has 0 radical (unpaired) electrons. The van der Waals surface area contributed by atoms with Gasteiger partial charge in [-0.3, -0.25) is 0 Å². The maximum atomic E-state index is 12.1. The quantitative estimate of drug-likeness (QED) is 0.574. The van der Waals surface area contributed by atoms with Crippen LogP contribution in [0.15, 0.2) is 66.7 Å². The van der Waals surface area contributed by atoms with E-state index in [9.17, 15) is 9.59 Å². The summed E-state index contributed by atoms with van der Waals surface area (Å²) in [5, 5.41) is 11.8. The van der Waals surface area contributed by atoms with Crippen LogP contribution in [-0.2, 0) is 4.74 Å². The SMILES string of the molecule is O=C(NCC#Cc1ccc(Cl)c(C(=O)O)c1)OCC1c2ccccc2-c2ccccc21. The van der Waals surface area contributed by atoms with Gasteiger partial charge >= 0.3 is 12.1 Å². The summed E-state index contributed by atoms with van der Waals surface area (Å²) < 4.78 is 5.45. The average Bonchev–Trinajstić information content (AvgIpc) is 3.10. The number of carbonyl (C=O) groups is 2. The number of hydrogen-bond donors (Lipinski definition) is 2. The second-order valence-corrected chi connectivity index (χ2v) is 7.39. The summed E-state index contributed by atoms with van der Waals surface area (Å²) in [6.45, 7) is 0.300. The summed E-state index contributed by atoms with van der Waals surface area (Å²) >= 11 is 5.84. The van der Waals surface area contributed by atoms with Crippen LogP contribution in [0.2, 0.25) is 5.02 Å². The van der Waals surface area contributed by atoms with Gasteiger partial charge in [0.25, 0.3) is 0 Å². The topological polar surface area (TPSA) is 75.6 Å². The highest BCUT2D eigenvalue weighted by atomic mass is 35.5. The minimum Gasteiger partial charge on any atom is -0.478 e. The molecule has 4 rings (SSSR count). The Kier molecular flexibility index (Phi) is 5.92. The normalized spacial score (nSPS) is 11.6. The number of aromatic carboxylic acids is 1. The number of carboxylic acid groups (broad SMARTS) is 1. The zero-order chi connectivity index (χ0) is 21.8. The van der Waals surface area contributed by atoms with Crippen LogP contribution >= 0.6 is 11.6 Å². The molecular formula is C25H18ClNO4. The van der Waals surface area contributed by atoms with Crippen molar-refractivity contribution in [2.45, 2.75) is 5.92 Å². The van der Waals surface area contributed by atoms with Crippen molar-refractivity contribution in [3.05, 3.63) is 94.0 Å². The molecule has 1 amide bonds. The van der Waals surface area contributed by atoms with Crippen LogP contribution in [0.25, 0.3) is 11.1 Å². The molecule has 0 aromatic heterocycles. The van der Waals surface area contributed by atoms with Crippen LogP contribution in [0.3, 0.4) is 0 Å². The minimum absolute atomic E-state index is 0.00672. The van der Waals surface area contributed by atoms with Gasteiger partial charge in [-0.05, 0) is 40.5 Å². The molecule has 1 aliphatic rings. The molecule has 0 aliphatic heterocycles. The van der Waals surface area contributed by atoms with E-state index in [0.717, 1.165) is 11.1 Å². The number of alkyl carbamates (subject to hydrolysis) is 1. The molecule has 0 fully saturated rings. The fraction of sp³-hybridized carbons (Fsp3) is 0.120. The smallest absolute Gasteiger partial charge is 0.407 e. The largest absolute Gasteiger partial charge is 0.478 e. The second-order valence-electron chi connectivity index (χ2n) is 6.98. The number of carboxylic acids is 1. The van der Waals surface area contributed by atoms with Crippen molar-refractivity contribution >= 4 is 23.7 Å². The Balaban J connectivity index is 1.35. The fourth-order valence-corrected chi connectivity index (χ4v) is 3.88. The van der Waals surface area contributed by atoms with Crippen LogP contribution in [0.1, 0.15) is 33.0 Å². The zero-order valence-electron chi connectivity index (χ0n) is 16.4. The summed E-state index contributed by atoms with van der Waals surface area (Å²) in [6, 6.07) is 20.8. The number of amides is 1. The third-order valence-corrected chi connectivity index (χ3v) is 5.42. The van der Waals surface area contributed by atoms with E-state index >= 15 is 0 Å². The zero-order valence-corrected chi connectivity index (χ0v) is 17.1. The lowest BCUT2D eigenvalue weighted by atomic mass is 9.98. The molecule has 0 spiro atoms. The number of halogens is 1. The highest BCUT2D eigenvalue weighted by Gasteiger charge is 2.28. The highest BCUT2D eigenvalue weighted by Crippen LogP contribution is 2.44. The predicted molar refractivity (Wildman–Crippen MR) is 118 cm³/mol. The van der Waals surface area contributed by atoms with E-state index in [-0.39, 0.29) is 29.7 Å². The molecular weight excluding hydrogens is 414 g/mol. The molecule has 3 aromatic rings. The Morgan fingerprint density at radius 3 is 2.29 bits per heavy atom. The van der Waals surface area contributed by atoms with Crippen LogP contribution in [0.4, 0.5) is 4.79 Å². The summed E-state index contributed by atoms with van der Waals surface area (Å²) in [7, 11) is 0. The van der Waals surface area contributed by atoms with Gasteiger partial charge in [0.15, 0.2) is 0 Å². The van der Waals surface area contributed by atoms with Gasteiger partial charge in [-0.25, -0.2) is 9.59 Å². The average molecular weight is 432 g/mol. The molecule has 0 atom stereocenters. The standard InChI is InChI=1S/C25H18ClNO4/c26-23-12-11-16(14-21(23)24(28)29)6-5-13-27-25(30)31-15-22-19-9-3-1-7-17(19)18-8-2-4-10-20(18)22/h1-4,7-12,14,22H,13,15H2,(H,27,30)(H,28,29). The predicted octanol–water partition coefficient (Wildman–Crippen LogP) is 4.93. The van der Waals surface area contributed by atoms with E-state index in [1.807, 2.05) is 24.3 Å². The third-order valence-electron chi connectivity index (χ3n) is 5.09. The Hall–Kier alpha value is -3.75. The minimum atomic E-state index is -1.12. The van der Waals surface area contributed by atoms with Gasteiger partial charge in [0.05, 0.1) is 17.1 Å². The lowest BCUT2D eigenvalue weighted by Gasteiger charge is -2.14. The van der Waals surface area contributed by atoms with Crippen LogP contribution in [0, 0.1) is 11.8 Å². The summed E-state index contributed by atoms with van der Waals surface area (Å²) in [6.07, 6.45) is -0.557. The second kappa shape index (κ2) is 8.95. The fourth-order valence-electron chi connectivity index (χ4n) is 3.68. The molecule has 1 aliphatic carbocycles. The monoisotopic (exact) mass is 431 g/mol. The Bertz CT molecular complexity index is 1180. The van der Waals surface area contributed by atoms with Crippen molar-refractivity contribution < 1.29 is 19.4 Å². The number of fused-ring (bicyclic) bond motifs is 3. The first-order chi connectivity index (χ1) is 15.0. The first kappa shape index (κ1) is 20.5. The van der Waals surface area contributed by atoms with Crippen molar-refractivity contribution in [3.8, 4) is 23.0 Å². The Labute approximate surface area is 184 Å². The van der Waals surface area contributed by atoms with Crippen molar-refractivity contribution in [1.82, 2.24) is 5.32 Å². The number of nitrogens with one attached hydrogen (secondary N) is 1. The molecule has 2 N–H and O–H groups in total. The molecule has 154 valence electrons. The van der Waals surface area contributed by atoms with Crippen molar-refractivity contribution in [3.63, 3.8) is 0 Å². The molecule has 0 saturated carbocycles. The third kappa shape index (κ3) is 4.40. The first-order valence-electron chi connectivity index (χ1n) is 9.65. The Morgan fingerprint density at radius 2 is 1.65 bits per heavy atom. The van der Waals surface area contributed by atoms with Gasteiger partial charge in [0, 0.05) is 11.5 Å². The Morgan fingerprint density at radius 1 is 1.00 bits per heavy atom. The number of rotatable bonds is 4. The maximum absolute atomic E-state index is 12.1. The van der Waals surface area contributed by atoms with Crippen molar-refractivity contribution in [2.75, 3.05) is 13.2 Å². The molecule has 0 heterocycles. The van der Waals surface area contributed by atoms with Gasteiger partial charge in [0.2, 0.25) is 0 Å². The van der Waals surface area contributed by atoms with Gasteiger partial charge in [-0.1, -0.05) is 72.0 Å². The van der Waals surface area contributed by atoms with E-state index in [0.29, 0.717) is 5.56 Å². The number of benzene rings is 3. The van der Waals surface area contributed by atoms with Crippen LogP contribution in [0.5, 0.6) is 0 Å². The molecule has 0 saturated heterocycles. The molecule has 3 aromatic carbocycles. The van der Waals surface area contributed by atoms with E-state index in [1.54, 1.807) is 6.07 Å². The lowest BCUT2D eigenvalue weighted by Crippen LogP contribution is -2.26. The van der Waals surface area contributed by atoms with Crippen LogP contribution < -0.4 is 5.32 Å². The first-order valence-corrected chi connectivity index (χ1v) is 10.0. The molecule has 0 unspecified atom stereocenters. The summed E-state index contributed by atoms with van der Waals surface area (Å²) in [4.78, 5) is 23.2. The number of carbonyl (C=O) groups excluding carboxylic acids is 1. The van der Waals surface area contributed by atoms with Crippen molar-refractivity contribution in [1.29, 1.82) is 0 Å².